The molecule has 0 heterocycles. The first-order valence-electron chi connectivity index (χ1n) is 27.5. The largest absolute Gasteiger partial charge is 0.0619 e. The van der Waals surface area contributed by atoms with Crippen molar-refractivity contribution in [3.05, 3.63) is 251 Å². The van der Waals surface area contributed by atoms with E-state index in [1.54, 1.807) is 0 Å². The van der Waals surface area contributed by atoms with E-state index in [-0.39, 0.29) is 21.7 Å². The van der Waals surface area contributed by atoms with Crippen LogP contribution in [0.5, 0.6) is 0 Å². The summed E-state index contributed by atoms with van der Waals surface area (Å²) in [7, 11) is 0. The van der Waals surface area contributed by atoms with E-state index in [9.17, 15) is 0 Å². The molecule has 16 rings (SSSR count). The van der Waals surface area contributed by atoms with Gasteiger partial charge in [-0.25, -0.2) is 0 Å². The van der Waals surface area contributed by atoms with Crippen LogP contribution < -0.4 is 0 Å². The molecule has 0 aliphatic heterocycles. The van der Waals surface area contributed by atoms with Gasteiger partial charge in [-0.2, -0.15) is 0 Å². The first kappa shape index (κ1) is 44.0. The molecular formula is C76H58. The maximum Gasteiger partial charge on any atom is 0.0159 e. The smallest absolute Gasteiger partial charge is 0.0159 e. The van der Waals surface area contributed by atoms with E-state index in [1.807, 2.05) is 0 Å². The van der Waals surface area contributed by atoms with Crippen molar-refractivity contribution in [2.75, 3.05) is 0 Å². The molecule has 76 heavy (non-hydrogen) atoms. The Kier molecular flexibility index (Phi) is 8.54. The highest BCUT2D eigenvalue weighted by atomic mass is 14.5. The van der Waals surface area contributed by atoms with Crippen LogP contribution >= 0.6 is 0 Å². The van der Waals surface area contributed by atoms with Crippen LogP contribution in [0.15, 0.2) is 206 Å². The second-order valence-electron chi connectivity index (χ2n) is 24.7. The summed E-state index contributed by atoms with van der Waals surface area (Å²) in [5.41, 5.74) is 29.3. The molecule has 0 aromatic heterocycles. The second kappa shape index (κ2) is 14.7. The van der Waals surface area contributed by atoms with Gasteiger partial charge in [0.1, 0.15) is 0 Å². The number of hydrogen-bond donors (Lipinski definition) is 0. The summed E-state index contributed by atoms with van der Waals surface area (Å²) in [6.45, 7) is 19.5. The summed E-state index contributed by atoms with van der Waals surface area (Å²) in [5, 5.41) is 10.5. The fraction of sp³-hybridized carbons (Fsp3) is 0.158. The quantitative estimate of drug-likeness (QED) is 0.166. The van der Waals surface area contributed by atoms with Crippen molar-refractivity contribution in [1.29, 1.82) is 0 Å². The molecule has 0 nitrogen and oxygen atoms in total. The van der Waals surface area contributed by atoms with E-state index in [0.29, 0.717) is 0 Å². The Bertz CT molecular complexity index is 4330. The maximum absolute atomic E-state index is 2.60. The van der Waals surface area contributed by atoms with E-state index >= 15 is 0 Å². The Morgan fingerprint density at radius 1 is 0.184 bits per heavy atom. The third kappa shape index (κ3) is 5.49. The SMILES string of the molecule is CC1(C)c2ccccc2-c2ccc(-c3cc4c(c5ccccc35)-c3c(cc(-c5cc6c(c7ccccc57)-c5c(cc(-c7ccc8c(c7)C(C)(C)c7ccccc7-8)c7ccccc57)C6(C)C)c5ccccc35)C4(C)C)cc21. The van der Waals surface area contributed by atoms with Gasteiger partial charge in [-0.05, 0) is 202 Å². The lowest BCUT2D eigenvalue weighted by Crippen LogP contribution is -2.16. The molecule has 0 heteroatoms. The molecular weight excluding hydrogens is 913 g/mol. The zero-order chi connectivity index (χ0) is 51.4. The van der Waals surface area contributed by atoms with Gasteiger partial charge < -0.3 is 0 Å². The average Bonchev–Trinajstić information content (AvgIpc) is 4.09. The van der Waals surface area contributed by atoms with Crippen molar-refractivity contribution in [2.24, 2.45) is 0 Å². The Morgan fingerprint density at radius 2 is 0.434 bits per heavy atom. The summed E-state index contributed by atoms with van der Waals surface area (Å²) in [6, 6.07) is 79.8. The molecule has 0 spiro atoms. The van der Waals surface area contributed by atoms with E-state index in [1.165, 1.54) is 165 Å². The van der Waals surface area contributed by atoms with Gasteiger partial charge >= 0.3 is 0 Å². The van der Waals surface area contributed by atoms with Crippen LogP contribution in [-0.4, -0.2) is 0 Å². The number of rotatable bonds is 3. The number of fused-ring (bicyclic) bond motifs is 20. The molecule has 0 saturated heterocycles. The Morgan fingerprint density at radius 3 is 0.776 bits per heavy atom. The Labute approximate surface area is 446 Å². The maximum atomic E-state index is 2.60. The normalized spacial score (nSPS) is 16.1. The molecule has 0 unspecified atom stereocenters. The van der Waals surface area contributed by atoms with E-state index in [2.05, 4.69) is 262 Å². The minimum absolute atomic E-state index is 0.0795. The molecule has 0 N–H and O–H groups in total. The van der Waals surface area contributed by atoms with Gasteiger partial charge in [0.25, 0.3) is 0 Å². The molecule has 0 fully saturated rings. The lowest BCUT2D eigenvalue weighted by atomic mass is 9.77. The van der Waals surface area contributed by atoms with Crippen LogP contribution in [0.1, 0.15) is 99.9 Å². The average molecular weight is 971 g/mol. The molecule has 0 bridgehead atoms. The van der Waals surface area contributed by atoms with E-state index in [0.717, 1.165) is 0 Å². The van der Waals surface area contributed by atoms with Gasteiger partial charge in [0.2, 0.25) is 0 Å². The van der Waals surface area contributed by atoms with Crippen molar-refractivity contribution in [3.63, 3.8) is 0 Å². The first-order chi connectivity index (χ1) is 36.7. The topological polar surface area (TPSA) is 0 Å². The second-order valence-corrected chi connectivity index (χ2v) is 24.7. The molecule has 0 amide bonds. The highest BCUT2D eigenvalue weighted by Crippen LogP contribution is 2.61. The molecule has 362 valence electrons. The van der Waals surface area contributed by atoms with Crippen molar-refractivity contribution in [2.45, 2.75) is 77.0 Å². The fourth-order valence-corrected chi connectivity index (χ4v) is 15.5. The van der Waals surface area contributed by atoms with Gasteiger partial charge in [-0.1, -0.05) is 225 Å². The van der Waals surface area contributed by atoms with E-state index < -0.39 is 0 Å². The van der Waals surface area contributed by atoms with Crippen LogP contribution in [0.3, 0.4) is 0 Å². The lowest BCUT2D eigenvalue weighted by Gasteiger charge is -2.26. The summed E-state index contributed by atoms with van der Waals surface area (Å²) in [6.07, 6.45) is 0. The Hall–Kier alpha value is -8.32. The molecule has 4 aliphatic carbocycles. The molecule has 0 saturated carbocycles. The van der Waals surface area contributed by atoms with Crippen LogP contribution in [-0.2, 0) is 21.7 Å². The standard InChI is InChI=1S/C76H58/c1-73(2)61-31-19-17-25-49(61)51-35-33-43(37-63(51)73)57-39-65-69(53-27-13-9-21-45(53)57)71-55-29-15-11-23-47(55)59(41-67(71)75(65,5)6)60-42-68-72(56-30-16-12-24-48(56)60)70-54-28-14-10-22-46(54)58(40-66(70)76(68,7)8)44-34-36-52-50-26-18-20-32-62(50)74(3,4)64(52)38-44/h9-42H,1-8H3. The van der Waals surface area contributed by atoms with Crippen LogP contribution in [0.25, 0.3) is 121 Å². The predicted molar refractivity (Wildman–Crippen MR) is 323 cm³/mol. The third-order valence-corrected chi connectivity index (χ3v) is 19.5. The summed E-state index contributed by atoms with van der Waals surface area (Å²) < 4.78 is 0. The molecule has 4 aliphatic rings. The highest BCUT2D eigenvalue weighted by Gasteiger charge is 2.43. The fourth-order valence-electron chi connectivity index (χ4n) is 15.5. The number of benzene rings is 12. The zero-order valence-electron chi connectivity index (χ0n) is 44.6. The van der Waals surface area contributed by atoms with Gasteiger partial charge in [-0.3, -0.25) is 0 Å². The Balaban J connectivity index is 0.890. The molecule has 12 aromatic carbocycles. The molecule has 0 radical (unpaired) electrons. The van der Waals surface area contributed by atoms with Crippen molar-refractivity contribution in [1.82, 2.24) is 0 Å². The van der Waals surface area contributed by atoms with Crippen molar-refractivity contribution >= 4 is 43.1 Å². The van der Waals surface area contributed by atoms with Crippen LogP contribution in [0.2, 0.25) is 0 Å². The molecule has 12 aromatic rings. The monoisotopic (exact) mass is 970 g/mol. The van der Waals surface area contributed by atoms with Gasteiger partial charge in [0.05, 0.1) is 0 Å². The first-order valence-corrected chi connectivity index (χ1v) is 27.5. The summed E-state index contributed by atoms with van der Waals surface area (Å²) >= 11 is 0. The number of hydrogen-bond acceptors (Lipinski definition) is 0. The predicted octanol–water partition coefficient (Wildman–Crippen LogP) is 20.5. The minimum Gasteiger partial charge on any atom is -0.0619 e. The van der Waals surface area contributed by atoms with E-state index in [4.69, 9.17) is 0 Å². The van der Waals surface area contributed by atoms with Crippen LogP contribution in [0.4, 0.5) is 0 Å². The zero-order valence-corrected chi connectivity index (χ0v) is 44.6. The van der Waals surface area contributed by atoms with Crippen molar-refractivity contribution in [3.8, 4) is 77.9 Å². The third-order valence-electron chi connectivity index (χ3n) is 19.5. The van der Waals surface area contributed by atoms with Crippen molar-refractivity contribution < 1.29 is 0 Å². The van der Waals surface area contributed by atoms with Gasteiger partial charge in [0.15, 0.2) is 0 Å². The van der Waals surface area contributed by atoms with Gasteiger partial charge in [0, 0.05) is 21.7 Å². The van der Waals surface area contributed by atoms with Gasteiger partial charge in [-0.15, -0.1) is 0 Å². The lowest BCUT2D eigenvalue weighted by molar-refractivity contribution is 0.659. The summed E-state index contributed by atoms with van der Waals surface area (Å²) in [4.78, 5) is 0. The minimum atomic E-state index is -0.276. The molecule has 0 atom stereocenters. The van der Waals surface area contributed by atoms with Crippen LogP contribution in [0, 0.1) is 0 Å². The highest BCUT2D eigenvalue weighted by molar-refractivity contribution is 6.21. The summed E-state index contributed by atoms with van der Waals surface area (Å²) in [5.74, 6) is 0.